The molecule has 0 aliphatic carbocycles. The molecule has 0 bridgehead atoms. The minimum Gasteiger partial charge on any atom is -0.494 e. The van der Waals surface area contributed by atoms with Crippen LogP contribution in [0.25, 0.3) is 5.69 Å². The van der Waals surface area contributed by atoms with Crippen LogP contribution in [-0.4, -0.2) is 39.2 Å². The molecule has 0 aliphatic heterocycles. The molecule has 0 aliphatic rings. The summed E-state index contributed by atoms with van der Waals surface area (Å²) in [7, 11) is 1.61. The van der Waals surface area contributed by atoms with Gasteiger partial charge in [-0.3, -0.25) is 0 Å². The summed E-state index contributed by atoms with van der Waals surface area (Å²) in [6.07, 6.45) is 4.15. The lowest BCUT2D eigenvalue weighted by atomic mass is 10.1. The number of hydrogen-bond donors (Lipinski definition) is 1. The largest absolute Gasteiger partial charge is 0.494 e. The van der Waals surface area contributed by atoms with E-state index in [0.717, 1.165) is 16.9 Å². The molecule has 1 N–H and O–H groups in total. The van der Waals surface area contributed by atoms with Gasteiger partial charge in [-0.15, -0.1) is 0 Å². The van der Waals surface area contributed by atoms with Gasteiger partial charge < -0.3 is 19.4 Å². The second-order valence-electron chi connectivity index (χ2n) is 7.53. The molecule has 0 fully saturated rings. The van der Waals surface area contributed by atoms with E-state index in [2.05, 4.69) is 20.3 Å². The lowest BCUT2D eigenvalue weighted by Gasteiger charge is -2.13. The van der Waals surface area contributed by atoms with Crippen molar-refractivity contribution < 1.29 is 14.3 Å². The summed E-state index contributed by atoms with van der Waals surface area (Å²) in [5.74, 6) is 0.418. The number of imidazole rings is 1. The van der Waals surface area contributed by atoms with Gasteiger partial charge in [0.15, 0.2) is 5.69 Å². The number of halogens is 1. The molecule has 4 rings (SSSR count). The first-order valence-electron chi connectivity index (χ1n) is 10.7. The normalized spacial score (nSPS) is 10.7. The molecular weight excluding hydrogens is 454 g/mol. The fourth-order valence-corrected chi connectivity index (χ4v) is 3.54. The quantitative estimate of drug-likeness (QED) is 0.351. The Balaban J connectivity index is 1.65. The highest BCUT2D eigenvalue weighted by Crippen LogP contribution is 2.28. The van der Waals surface area contributed by atoms with Gasteiger partial charge >= 0.3 is 5.97 Å². The lowest BCUT2D eigenvalue weighted by Crippen LogP contribution is -2.11. The highest BCUT2D eigenvalue weighted by atomic mass is 35.5. The monoisotopic (exact) mass is 477 g/mol. The molecule has 0 atom stereocenters. The number of aromatic nitrogens is 4. The lowest BCUT2D eigenvalue weighted by molar-refractivity contribution is 0.0519. The minimum absolute atomic E-state index is 0.181. The van der Waals surface area contributed by atoms with Crippen molar-refractivity contribution in [2.75, 3.05) is 19.0 Å². The number of esters is 1. The molecule has 9 heteroatoms. The Hall–Kier alpha value is -3.91. The number of benzene rings is 2. The first kappa shape index (κ1) is 23.3. The van der Waals surface area contributed by atoms with Crippen LogP contribution in [-0.2, 0) is 11.2 Å². The maximum atomic E-state index is 12.4. The van der Waals surface area contributed by atoms with Crippen LogP contribution in [0.3, 0.4) is 0 Å². The average Bonchev–Trinajstić information content (AvgIpc) is 3.26. The van der Waals surface area contributed by atoms with Gasteiger partial charge in [-0.25, -0.2) is 19.7 Å². The predicted octanol–water partition coefficient (Wildman–Crippen LogP) is 5.14. The van der Waals surface area contributed by atoms with Gasteiger partial charge in [0.05, 0.1) is 37.1 Å². The zero-order valence-electron chi connectivity index (χ0n) is 19.1. The molecule has 0 radical (unpaired) electrons. The van der Waals surface area contributed by atoms with Crippen LogP contribution < -0.4 is 10.1 Å². The third kappa shape index (κ3) is 5.52. The van der Waals surface area contributed by atoms with Crippen LogP contribution in [0.2, 0.25) is 5.02 Å². The van der Waals surface area contributed by atoms with Crippen LogP contribution in [0.15, 0.2) is 61.1 Å². The third-order valence-corrected chi connectivity index (χ3v) is 5.24. The first-order chi connectivity index (χ1) is 16.4. The second kappa shape index (κ2) is 10.4. The fourth-order valence-electron chi connectivity index (χ4n) is 3.42. The molecule has 2 aromatic heterocycles. The van der Waals surface area contributed by atoms with Crippen molar-refractivity contribution in [2.24, 2.45) is 0 Å². The molecule has 0 spiro atoms. The van der Waals surface area contributed by atoms with Crippen molar-refractivity contribution >= 4 is 29.2 Å². The number of aryl methyl sites for hydroxylation is 1. The average molecular weight is 478 g/mol. The molecule has 174 valence electrons. The summed E-state index contributed by atoms with van der Waals surface area (Å²) >= 11 is 6.00. The number of methoxy groups -OCH3 is 1. The highest BCUT2D eigenvalue weighted by molar-refractivity contribution is 6.30. The second-order valence-corrected chi connectivity index (χ2v) is 7.96. The SMILES string of the molecule is CCOC(=O)c1cc(Cc2ccc(Cl)cc2)nc(Nc2ccc(-n3cnc(C)c3)c(OC)c2)n1. The topological polar surface area (TPSA) is 91.2 Å². The highest BCUT2D eigenvalue weighted by Gasteiger charge is 2.15. The van der Waals surface area contributed by atoms with Gasteiger partial charge in [0.2, 0.25) is 5.95 Å². The van der Waals surface area contributed by atoms with Gasteiger partial charge in [-0.2, -0.15) is 0 Å². The predicted molar refractivity (Wildman–Crippen MR) is 130 cm³/mol. The summed E-state index contributed by atoms with van der Waals surface area (Å²) in [4.78, 5) is 25.7. The van der Waals surface area contributed by atoms with E-state index < -0.39 is 5.97 Å². The van der Waals surface area contributed by atoms with Crippen LogP contribution in [0.5, 0.6) is 5.75 Å². The zero-order valence-corrected chi connectivity index (χ0v) is 19.8. The van der Waals surface area contributed by atoms with Gasteiger partial charge in [-0.05, 0) is 49.7 Å². The van der Waals surface area contributed by atoms with Crippen LogP contribution in [0.4, 0.5) is 11.6 Å². The zero-order chi connectivity index (χ0) is 24.1. The van der Waals surface area contributed by atoms with Gasteiger partial charge in [-0.1, -0.05) is 23.7 Å². The van der Waals surface area contributed by atoms with Crippen molar-refractivity contribution in [1.82, 2.24) is 19.5 Å². The van der Waals surface area contributed by atoms with E-state index in [0.29, 0.717) is 28.6 Å². The summed E-state index contributed by atoms with van der Waals surface area (Å²) < 4.78 is 12.6. The fraction of sp³-hybridized carbons (Fsp3) is 0.200. The number of hydrogen-bond acceptors (Lipinski definition) is 7. The Morgan fingerprint density at radius 1 is 1.12 bits per heavy atom. The van der Waals surface area contributed by atoms with E-state index in [1.54, 1.807) is 26.4 Å². The number of carbonyl (C=O) groups excluding carboxylic acids is 1. The van der Waals surface area contributed by atoms with Crippen molar-refractivity contribution in [3.63, 3.8) is 0 Å². The number of ether oxygens (including phenoxy) is 2. The molecule has 34 heavy (non-hydrogen) atoms. The van der Waals surface area contributed by atoms with Gasteiger partial charge in [0.25, 0.3) is 0 Å². The van der Waals surface area contributed by atoms with E-state index in [9.17, 15) is 4.79 Å². The maximum Gasteiger partial charge on any atom is 0.357 e. The Kier molecular flexibility index (Phi) is 7.08. The standard InChI is InChI=1S/C25H24ClN5O3/c1-4-34-24(32)21-12-20(11-17-5-7-18(26)8-6-17)29-25(30-21)28-19-9-10-22(23(13-19)33-3)31-14-16(2)27-15-31/h5-10,12-15H,4,11H2,1-3H3,(H,28,29,30). The minimum atomic E-state index is -0.506. The van der Waals surface area contributed by atoms with Crippen molar-refractivity contribution in [2.45, 2.75) is 20.3 Å². The smallest absolute Gasteiger partial charge is 0.357 e. The van der Waals surface area contributed by atoms with E-state index in [-0.39, 0.29) is 18.2 Å². The third-order valence-electron chi connectivity index (χ3n) is 4.99. The molecule has 8 nitrogen and oxygen atoms in total. The molecule has 2 heterocycles. The molecule has 0 amide bonds. The Bertz CT molecular complexity index is 1300. The van der Waals surface area contributed by atoms with Gasteiger partial charge in [0.1, 0.15) is 5.75 Å². The van der Waals surface area contributed by atoms with E-state index in [1.165, 1.54) is 0 Å². The van der Waals surface area contributed by atoms with Gasteiger partial charge in [0, 0.05) is 29.4 Å². The van der Waals surface area contributed by atoms with Crippen LogP contribution in [0.1, 0.15) is 34.4 Å². The maximum absolute atomic E-state index is 12.4. The van der Waals surface area contributed by atoms with Crippen molar-refractivity contribution in [3.8, 4) is 11.4 Å². The van der Waals surface area contributed by atoms with Crippen LogP contribution >= 0.6 is 11.6 Å². The summed E-state index contributed by atoms with van der Waals surface area (Å²) in [5.41, 5.74) is 4.31. The van der Waals surface area contributed by atoms with E-state index in [4.69, 9.17) is 21.1 Å². The number of nitrogens with zero attached hydrogens (tertiary/aromatic N) is 4. The number of nitrogens with one attached hydrogen (secondary N) is 1. The number of anilines is 2. The molecule has 2 aromatic carbocycles. The first-order valence-corrected chi connectivity index (χ1v) is 11.1. The summed E-state index contributed by atoms with van der Waals surface area (Å²) in [6, 6.07) is 14.7. The summed E-state index contributed by atoms with van der Waals surface area (Å²) in [5, 5.41) is 3.84. The Morgan fingerprint density at radius 2 is 1.91 bits per heavy atom. The Labute approximate surface area is 202 Å². The molecule has 0 unspecified atom stereocenters. The molecular formula is C25H24ClN5O3. The van der Waals surface area contributed by atoms with E-state index >= 15 is 0 Å². The number of carbonyl (C=O) groups is 1. The van der Waals surface area contributed by atoms with Crippen molar-refractivity contribution in [3.05, 3.63) is 88.7 Å². The molecule has 0 saturated heterocycles. The summed E-state index contributed by atoms with van der Waals surface area (Å²) in [6.45, 7) is 3.93. The number of rotatable bonds is 8. The van der Waals surface area contributed by atoms with E-state index in [1.807, 2.05) is 60.2 Å². The molecule has 4 aromatic rings. The molecule has 0 saturated carbocycles. The van der Waals surface area contributed by atoms with Crippen LogP contribution in [0, 0.1) is 6.92 Å². The Morgan fingerprint density at radius 3 is 2.59 bits per heavy atom. The van der Waals surface area contributed by atoms with Crippen molar-refractivity contribution in [1.29, 1.82) is 0 Å².